The average Bonchev–Trinajstić information content (AvgIpc) is 2.95. The van der Waals surface area contributed by atoms with Gasteiger partial charge in [-0.1, -0.05) is 24.3 Å². The number of primary sulfonamides is 1. The minimum absolute atomic E-state index is 0.00196. The highest BCUT2D eigenvalue weighted by Crippen LogP contribution is 2.26. The molecule has 0 spiro atoms. The lowest BCUT2D eigenvalue weighted by Gasteiger charge is -2.32. The van der Waals surface area contributed by atoms with E-state index < -0.39 is 10.0 Å². The first-order chi connectivity index (χ1) is 11.3. The Morgan fingerprint density at radius 2 is 1.96 bits per heavy atom. The Kier molecular flexibility index (Phi) is 4.23. The summed E-state index contributed by atoms with van der Waals surface area (Å²) in [5, 5.41) is 5.13. The van der Waals surface area contributed by atoms with E-state index in [1.165, 1.54) is 24.1 Å². The van der Waals surface area contributed by atoms with Gasteiger partial charge in [0.05, 0.1) is 0 Å². The molecule has 1 aromatic heterocycles. The largest absolute Gasteiger partial charge is 0.455 e. The molecule has 1 aliphatic rings. The van der Waals surface area contributed by atoms with Crippen molar-refractivity contribution in [3.8, 4) is 0 Å². The van der Waals surface area contributed by atoms with Crippen molar-refractivity contribution in [2.24, 2.45) is 5.14 Å². The Morgan fingerprint density at radius 3 is 2.58 bits per heavy atom. The number of amides is 1. The van der Waals surface area contributed by atoms with Gasteiger partial charge in [0.2, 0.25) is 10.0 Å². The number of fused-ring (bicyclic) bond motifs is 1. The normalized spacial score (nSPS) is 17.4. The lowest BCUT2D eigenvalue weighted by Crippen LogP contribution is -2.40. The number of hydrogen-bond acceptors (Lipinski definition) is 4. The molecule has 6 nitrogen and oxygen atoms in total. The number of carbonyl (C=O) groups excluding carboxylic acids is 1. The van der Waals surface area contributed by atoms with E-state index in [0.717, 1.165) is 19.3 Å². The topological polar surface area (TPSA) is 93.6 Å². The van der Waals surface area contributed by atoms with Gasteiger partial charge in [0.1, 0.15) is 10.7 Å². The summed E-state index contributed by atoms with van der Waals surface area (Å²) in [5.74, 6) is -0.210. The van der Waals surface area contributed by atoms with Gasteiger partial charge in [0, 0.05) is 19.2 Å². The number of sulfonamides is 1. The molecule has 0 radical (unpaired) electrons. The number of benzene rings is 1. The number of nitrogens with zero attached hydrogens (tertiary/aromatic N) is 1. The molecule has 0 saturated heterocycles. The van der Waals surface area contributed by atoms with Crippen LogP contribution in [0.25, 0.3) is 0 Å². The maximum absolute atomic E-state index is 12.6. The Labute approximate surface area is 141 Å². The van der Waals surface area contributed by atoms with Crippen LogP contribution >= 0.6 is 0 Å². The predicted octanol–water partition coefficient (Wildman–Crippen LogP) is 1.86. The van der Waals surface area contributed by atoms with Crippen molar-refractivity contribution in [1.29, 1.82) is 0 Å². The average molecular weight is 348 g/mol. The zero-order chi connectivity index (χ0) is 17.5. The number of aryl methyl sites for hydroxylation is 2. The minimum atomic E-state index is -3.90. The first kappa shape index (κ1) is 16.7. The third-order valence-electron chi connectivity index (χ3n) is 4.58. The van der Waals surface area contributed by atoms with Crippen LogP contribution in [0.5, 0.6) is 0 Å². The highest BCUT2D eigenvalue weighted by atomic mass is 32.2. The second kappa shape index (κ2) is 6.07. The summed E-state index contributed by atoms with van der Waals surface area (Å²) in [7, 11) is -2.18. The van der Waals surface area contributed by atoms with Gasteiger partial charge in [-0.25, -0.2) is 13.6 Å². The van der Waals surface area contributed by atoms with E-state index in [2.05, 4.69) is 12.1 Å². The summed E-state index contributed by atoms with van der Waals surface area (Å²) >= 11 is 0. The molecule has 24 heavy (non-hydrogen) atoms. The lowest BCUT2D eigenvalue weighted by atomic mass is 9.87. The van der Waals surface area contributed by atoms with E-state index in [1.54, 1.807) is 11.9 Å². The van der Waals surface area contributed by atoms with Gasteiger partial charge >= 0.3 is 0 Å². The van der Waals surface area contributed by atoms with Gasteiger partial charge in [0.25, 0.3) is 5.91 Å². The fourth-order valence-corrected chi connectivity index (χ4v) is 3.92. The molecule has 1 atom stereocenters. The summed E-state index contributed by atoms with van der Waals surface area (Å²) in [6.45, 7) is 1.48. The fraction of sp³-hybridized carbons (Fsp3) is 0.353. The van der Waals surface area contributed by atoms with Crippen LogP contribution in [-0.4, -0.2) is 32.3 Å². The summed E-state index contributed by atoms with van der Waals surface area (Å²) in [5.41, 5.74) is 2.56. The second-order valence-electron chi connectivity index (χ2n) is 6.16. The van der Waals surface area contributed by atoms with Crippen molar-refractivity contribution in [3.63, 3.8) is 0 Å². The summed E-state index contributed by atoms with van der Waals surface area (Å²) < 4.78 is 28.3. The van der Waals surface area contributed by atoms with Crippen molar-refractivity contribution in [2.75, 3.05) is 7.05 Å². The maximum atomic E-state index is 12.6. The van der Waals surface area contributed by atoms with Gasteiger partial charge in [-0.2, -0.15) is 0 Å². The van der Waals surface area contributed by atoms with Crippen molar-refractivity contribution < 1.29 is 17.6 Å². The molecule has 0 fully saturated rings. The third kappa shape index (κ3) is 3.09. The summed E-state index contributed by atoms with van der Waals surface area (Å²) in [6, 6.07) is 9.47. The van der Waals surface area contributed by atoms with E-state index >= 15 is 0 Å². The smallest absolute Gasteiger partial charge is 0.289 e. The lowest BCUT2D eigenvalue weighted by molar-refractivity contribution is 0.0685. The van der Waals surface area contributed by atoms with E-state index in [1.807, 2.05) is 12.1 Å². The number of carbonyl (C=O) groups is 1. The van der Waals surface area contributed by atoms with Crippen molar-refractivity contribution in [1.82, 2.24) is 4.90 Å². The van der Waals surface area contributed by atoms with Crippen molar-refractivity contribution in [2.45, 2.75) is 37.1 Å². The van der Waals surface area contributed by atoms with Gasteiger partial charge in [-0.15, -0.1) is 0 Å². The number of hydrogen-bond donors (Lipinski definition) is 1. The van der Waals surface area contributed by atoms with Crippen molar-refractivity contribution >= 4 is 15.9 Å². The van der Waals surface area contributed by atoms with Crippen LogP contribution in [0, 0.1) is 6.92 Å². The maximum Gasteiger partial charge on any atom is 0.289 e. The predicted molar refractivity (Wildman–Crippen MR) is 89.2 cm³/mol. The van der Waals surface area contributed by atoms with Crippen LogP contribution in [0.1, 0.15) is 33.9 Å². The number of rotatable bonds is 3. The van der Waals surface area contributed by atoms with Gasteiger partial charge in [-0.3, -0.25) is 4.79 Å². The molecule has 1 amide bonds. The number of likely N-dealkylation sites (N-methyl/N-ethyl adjacent to an activating group) is 1. The van der Waals surface area contributed by atoms with Gasteiger partial charge < -0.3 is 9.32 Å². The zero-order valence-electron chi connectivity index (χ0n) is 13.7. The molecule has 0 unspecified atom stereocenters. The first-order valence-corrected chi connectivity index (χ1v) is 9.29. The first-order valence-electron chi connectivity index (χ1n) is 7.74. The molecule has 1 aliphatic carbocycles. The van der Waals surface area contributed by atoms with Crippen LogP contribution < -0.4 is 5.14 Å². The third-order valence-corrected chi connectivity index (χ3v) is 5.60. The number of furan rings is 1. The molecule has 1 aromatic carbocycles. The van der Waals surface area contributed by atoms with E-state index in [4.69, 9.17) is 9.56 Å². The van der Waals surface area contributed by atoms with Gasteiger partial charge in [-0.05, 0) is 37.3 Å². The van der Waals surface area contributed by atoms with E-state index in [9.17, 15) is 13.2 Å². The van der Waals surface area contributed by atoms with Gasteiger partial charge in [0.15, 0.2) is 5.76 Å². The van der Waals surface area contributed by atoms with Crippen LogP contribution in [-0.2, 0) is 22.9 Å². The molecule has 0 bridgehead atoms. The molecule has 2 aromatic rings. The summed E-state index contributed by atoms with van der Waals surface area (Å²) in [4.78, 5) is 14.1. The Morgan fingerprint density at radius 1 is 1.29 bits per heavy atom. The highest BCUT2D eigenvalue weighted by molar-refractivity contribution is 7.89. The molecule has 0 saturated carbocycles. The highest BCUT2D eigenvalue weighted by Gasteiger charge is 2.29. The van der Waals surface area contributed by atoms with Crippen molar-refractivity contribution in [3.05, 3.63) is 53.0 Å². The molecule has 1 heterocycles. The molecular weight excluding hydrogens is 328 g/mol. The van der Waals surface area contributed by atoms with Crippen LogP contribution in [0.4, 0.5) is 0 Å². The molecular formula is C17H20N2O4S. The standard InChI is InChI=1S/C17H20N2O4S/c1-11-16(24(18,21)22)10-15(23-11)17(20)19(2)14-8-7-12-5-3-4-6-13(12)9-14/h3-6,10,14H,7-9H2,1-2H3,(H2,18,21,22)/t14-/m1/s1. The zero-order valence-corrected chi connectivity index (χ0v) is 14.5. The molecule has 7 heteroatoms. The summed E-state index contributed by atoms with van der Waals surface area (Å²) in [6.07, 6.45) is 2.55. The minimum Gasteiger partial charge on any atom is -0.455 e. The molecule has 0 aliphatic heterocycles. The monoisotopic (exact) mass is 348 g/mol. The Hall–Kier alpha value is -2.12. The van der Waals surface area contributed by atoms with Crippen LogP contribution in [0.3, 0.4) is 0 Å². The van der Waals surface area contributed by atoms with E-state index in [0.29, 0.717) is 0 Å². The second-order valence-corrected chi connectivity index (χ2v) is 7.69. The van der Waals surface area contributed by atoms with E-state index in [-0.39, 0.29) is 28.4 Å². The fourth-order valence-electron chi connectivity index (χ4n) is 3.20. The van der Waals surface area contributed by atoms with Crippen LogP contribution in [0.15, 0.2) is 39.6 Å². The van der Waals surface area contributed by atoms with Crippen LogP contribution in [0.2, 0.25) is 0 Å². The number of nitrogens with two attached hydrogens (primary N) is 1. The molecule has 2 N–H and O–H groups in total. The molecule has 3 rings (SSSR count). The SMILES string of the molecule is Cc1oc(C(=O)N(C)[C@@H]2CCc3ccccc3C2)cc1S(N)(=O)=O. The Bertz CT molecular complexity index is 886. The quantitative estimate of drug-likeness (QED) is 0.916. The Balaban J connectivity index is 1.81. The molecule has 128 valence electrons.